The van der Waals surface area contributed by atoms with Gasteiger partial charge < -0.3 is 10.3 Å². The van der Waals surface area contributed by atoms with Crippen LogP contribution in [-0.2, 0) is 5.41 Å². The first-order valence-electron chi connectivity index (χ1n) is 9.93. The van der Waals surface area contributed by atoms with Gasteiger partial charge in [0.15, 0.2) is 0 Å². The van der Waals surface area contributed by atoms with Crippen LogP contribution >= 0.6 is 0 Å². The Hall–Kier alpha value is -3.14. The van der Waals surface area contributed by atoms with E-state index in [2.05, 4.69) is 36.3 Å². The second-order valence-corrected chi connectivity index (χ2v) is 8.31. The number of rotatable bonds is 6. The highest BCUT2D eigenvalue weighted by atomic mass is 16.2. The molecular formula is C25H28N2O2. The molecule has 1 heterocycles. The minimum atomic E-state index is -0.379. The molecule has 1 atom stereocenters. The van der Waals surface area contributed by atoms with Crippen LogP contribution in [0.4, 0.5) is 0 Å². The number of hydrogen-bond donors (Lipinski definition) is 2. The van der Waals surface area contributed by atoms with E-state index in [1.807, 2.05) is 56.3 Å². The zero-order valence-electron chi connectivity index (χ0n) is 17.5. The van der Waals surface area contributed by atoms with Crippen LogP contribution in [0.2, 0.25) is 0 Å². The van der Waals surface area contributed by atoms with Crippen LogP contribution in [0.15, 0.2) is 71.5 Å². The minimum Gasteiger partial charge on any atom is -0.349 e. The van der Waals surface area contributed by atoms with Crippen molar-refractivity contribution in [2.75, 3.05) is 0 Å². The molecule has 0 bridgehead atoms. The fourth-order valence-electron chi connectivity index (χ4n) is 3.76. The van der Waals surface area contributed by atoms with E-state index in [1.165, 1.54) is 5.56 Å². The topological polar surface area (TPSA) is 62.0 Å². The summed E-state index contributed by atoms with van der Waals surface area (Å²) >= 11 is 0. The summed E-state index contributed by atoms with van der Waals surface area (Å²) in [5.74, 6) is -0.349. The molecule has 1 unspecified atom stereocenters. The third-order valence-electron chi connectivity index (χ3n) is 5.23. The van der Waals surface area contributed by atoms with E-state index < -0.39 is 0 Å². The van der Waals surface area contributed by atoms with Gasteiger partial charge in [-0.2, -0.15) is 0 Å². The lowest BCUT2D eigenvalue weighted by molar-refractivity contribution is 0.0933. The maximum atomic E-state index is 12.7. The highest BCUT2D eigenvalue weighted by Gasteiger charge is 2.24. The van der Waals surface area contributed by atoms with Gasteiger partial charge in [0.05, 0.1) is 0 Å². The maximum Gasteiger partial charge on any atom is 0.261 e. The molecule has 0 aliphatic carbocycles. The standard InChI is InChI=1S/C25H28N2O2/c1-17-9-8-10-19(15-17)22-14-13-21(24(29)27-22)23(28)26-18(2)16-25(3,4)20-11-6-5-7-12-20/h5-15,18H,16H2,1-4H3,(H,26,28)(H,27,29). The molecule has 0 saturated carbocycles. The van der Waals surface area contributed by atoms with Crippen molar-refractivity contribution in [3.63, 3.8) is 0 Å². The first-order valence-corrected chi connectivity index (χ1v) is 9.93. The third kappa shape index (κ3) is 5.02. The smallest absolute Gasteiger partial charge is 0.261 e. The van der Waals surface area contributed by atoms with Crippen molar-refractivity contribution in [2.24, 2.45) is 0 Å². The van der Waals surface area contributed by atoms with Gasteiger partial charge in [-0.1, -0.05) is 67.9 Å². The van der Waals surface area contributed by atoms with Gasteiger partial charge in [-0.3, -0.25) is 9.59 Å². The van der Waals surface area contributed by atoms with Gasteiger partial charge in [0, 0.05) is 11.7 Å². The van der Waals surface area contributed by atoms with Gasteiger partial charge in [-0.25, -0.2) is 0 Å². The molecule has 4 nitrogen and oxygen atoms in total. The fourth-order valence-corrected chi connectivity index (χ4v) is 3.76. The minimum absolute atomic E-state index is 0.0754. The quantitative estimate of drug-likeness (QED) is 0.635. The lowest BCUT2D eigenvalue weighted by Gasteiger charge is -2.29. The number of pyridine rings is 1. The Morgan fingerprint density at radius 3 is 2.41 bits per heavy atom. The fraction of sp³-hybridized carbons (Fsp3) is 0.280. The molecule has 0 fully saturated rings. The second-order valence-electron chi connectivity index (χ2n) is 8.31. The lowest BCUT2D eigenvalue weighted by Crippen LogP contribution is -2.39. The van der Waals surface area contributed by atoms with Gasteiger partial charge in [-0.05, 0) is 55.0 Å². The van der Waals surface area contributed by atoms with E-state index in [4.69, 9.17) is 0 Å². The molecule has 2 aromatic carbocycles. The molecule has 3 aromatic rings. The van der Waals surface area contributed by atoms with Gasteiger partial charge >= 0.3 is 0 Å². The van der Waals surface area contributed by atoms with Crippen molar-refractivity contribution >= 4 is 5.91 Å². The van der Waals surface area contributed by atoms with Crippen LogP contribution in [0, 0.1) is 6.92 Å². The van der Waals surface area contributed by atoms with E-state index in [1.54, 1.807) is 12.1 Å². The van der Waals surface area contributed by atoms with Crippen molar-refractivity contribution in [3.8, 4) is 11.3 Å². The number of hydrogen-bond acceptors (Lipinski definition) is 2. The Morgan fingerprint density at radius 1 is 1.03 bits per heavy atom. The number of aromatic nitrogens is 1. The number of benzene rings is 2. The van der Waals surface area contributed by atoms with Crippen LogP contribution < -0.4 is 10.9 Å². The Morgan fingerprint density at radius 2 is 1.76 bits per heavy atom. The summed E-state index contributed by atoms with van der Waals surface area (Å²) in [7, 11) is 0. The molecule has 150 valence electrons. The zero-order valence-corrected chi connectivity index (χ0v) is 17.5. The van der Waals surface area contributed by atoms with Crippen molar-refractivity contribution in [2.45, 2.75) is 45.6 Å². The third-order valence-corrected chi connectivity index (χ3v) is 5.23. The summed E-state index contributed by atoms with van der Waals surface area (Å²) in [4.78, 5) is 28.0. The predicted octanol–water partition coefficient (Wildman–Crippen LogP) is 4.84. The van der Waals surface area contributed by atoms with Crippen LogP contribution in [0.25, 0.3) is 11.3 Å². The van der Waals surface area contributed by atoms with Crippen molar-refractivity contribution in [3.05, 3.63) is 93.8 Å². The van der Waals surface area contributed by atoms with Gasteiger partial charge in [0.25, 0.3) is 11.5 Å². The van der Waals surface area contributed by atoms with Crippen molar-refractivity contribution < 1.29 is 4.79 Å². The molecule has 2 N–H and O–H groups in total. The number of amides is 1. The summed E-state index contributed by atoms with van der Waals surface area (Å²) in [6.45, 7) is 8.29. The van der Waals surface area contributed by atoms with E-state index in [9.17, 15) is 9.59 Å². The second kappa shape index (κ2) is 8.48. The summed E-state index contributed by atoms with van der Waals surface area (Å²) in [6, 6.07) is 21.4. The zero-order chi connectivity index (χ0) is 21.0. The Balaban J connectivity index is 1.71. The van der Waals surface area contributed by atoms with E-state index in [-0.39, 0.29) is 28.5 Å². The molecule has 1 amide bonds. The van der Waals surface area contributed by atoms with Crippen molar-refractivity contribution in [1.29, 1.82) is 0 Å². The first kappa shape index (κ1) is 20.6. The normalized spacial score (nSPS) is 12.4. The SMILES string of the molecule is Cc1cccc(-c2ccc(C(=O)NC(C)CC(C)(C)c3ccccc3)c(=O)[nH]2)c1. The maximum absolute atomic E-state index is 12.7. The van der Waals surface area contributed by atoms with Gasteiger partial charge in [0.2, 0.25) is 0 Å². The molecule has 0 aliphatic rings. The van der Waals surface area contributed by atoms with E-state index in [0.29, 0.717) is 5.69 Å². The van der Waals surface area contributed by atoms with E-state index in [0.717, 1.165) is 17.5 Å². The highest BCUT2D eigenvalue weighted by Crippen LogP contribution is 2.28. The first-order chi connectivity index (χ1) is 13.8. The summed E-state index contributed by atoms with van der Waals surface area (Å²) in [5.41, 5.74) is 3.62. The average Bonchev–Trinajstić information content (AvgIpc) is 2.68. The Labute approximate surface area is 172 Å². The molecule has 0 spiro atoms. The van der Waals surface area contributed by atoms with E-state index >= 15 is 0 Å². The largest absolute Gasteiger partial charge is 0.349 e. The number of aromatic amines is 1. The monoisotopic (exact) mass is 388 g/mol. The number of carbonyl (C=O) groups excluding carboxylic acids is 1. The van der Waals surface area contributed by atoms with Crippen molar-refractivity contribution in [1.82, 2.24) is 10.3 Å². The summed E-state index contributed by atoms with van der Waals surface area (Å²) in [5, 5.41) is 2.97. The summed E-state index contributed by atoms with van der Waals surface area (Å²) < 4.78 is 0. The van der Waals surface area contributed by atoms with Crippen LogP contribution in [0.3, 0.4) is 0 Å². The molecule has 0 radical (unpaired) electrons. The lowest BCUT2D eigenvalue weighted by atomic mass is 9.79. The summed E-state index contributed by atoms with van der Waals surface area (Å²) in [6.07, 6.45) is 0.766. The predicted molar refractivity (Wildman–Crippen MR) is 118 cm³/mol. The number of nitrogens with one attached hydrogen (secondary N) is 2. The average molecular weight is 389 g/mol. The number of aryl methyl sites for hydroxylation is 1. The van der Waals surface area contributed by atoms with Crippen LogP contribution in [0.1, 0.15) is 48.7 Å². The Kier molecular flexibility index (Phi) is 6.02. The van der Waals surface area contributed by atoms with Gasteiger partial charge in [0.1, 0.15) is 5.56 Å². The molecule has 3 rings (SSSR count). The molecule has 0 saturated heterocycles. The Bertz CT molecular complexity index is 1050. The molecule has 0 aliphatic heterocycles. The number of carbonyl (C=O) groups is 1. The highest BCUT2D eigenvalue weighted by molar-refractivity contribution is 5.94. The molecular weight excluding hydrogens is 360 g/mol. The van der Waals surface area contributed by atoms with Gasteiger partial charge in [-0.15, -0.1) is 0 Å². The molecule has 29 heavy (non-hydrogen) atoms. The number of H-pyrrole nitrogens is 1. The molecule has 1 aromatic heterocycles. The van der Waals surface area contributed by atoms with Crippen LogP contribution in [-0.4, -0.2) is 16.9 Å². The molecule has 4 heteroatoms. The van der Waals surface area contributed by atoms with Crippen LogP contribution in [0.5, 0.6) is 0 Å².